The Kier molecular flexibility index (Phi) is 3.04. The Morgan fingerprint density at radius 3 is 2.64 bits per heavy atom. The number of ether oxygens (including phenoxy) is 1. The molecule has 82 valence electrons. The molecule has 0 bridgehead atoms. The Balaban J connectivity index is 2.01. The number of hydrogen-bond donors (Lipinski definition) is 3. The summed E-state index contributed by atoms with van der Waals surface area (Å²) in [4.78, 5) is 1.96. The average Bonchev–Trinajstić information content (AvgIpc) is 2.71. The van der Waals surface area contributed by atoms with Gasteiger partial charge in [-0.3, -0.25) is 4.90 Å². The lowest BCUT2D eigenvalue weighted by atomic mass is 10.1. The Hall–Kier alpha value is -0.200. The molecule has 3 N–H and O–H groups in total. The van der Waals surface area contributed by atoms with Gasteiger partial charge in [-0.05, 0) is 6.42 Å². The van der Waals surface area contributed by atoms with Gasteiger partial charge in [-0.25, -0.2) is 0 Å². The predicted molar refractivity (Wildman–Crippen MR) is 48.8 cm³/mol. The zero-order valence-electron chi connectivity index (χ0n) is 8.04. The van der Waals surface area contributed by atoms with Crippen LogP contribution in [0.4, 0.5) is 0 Å². The number of aliphatic hydroxyl groups excluding tert-OH is 3. The van der Waals surface area contributed by atoms with Crippen molar-refractivity contribution < 1.29 is 20.1 Å². The fraction of sp³-hybridized carbons (Fsp3) is 1.00. The van der Waals surface area contributed by atoms with Gasteiger partial charge in [0, 0.05) is 12.6 Å². The van der Waals surface area contributed by atoms with Gasteiger partial charge < -0.3 is 20.1 Å². The van der Waals surface area contributed by atoms with E-state index in [0.29, 0.717) is 26.2 Å². The maximum Gasteiger partial charge on any atom is 0.0950 e. The third-order valence-corrected chi connectivity index (χ3v) is 3.09. The summed E-state index contributed by atoms with van der Waals surface area (Å²) < 4.78 is 5.15. The molecule has 2 saturated heterocycles. The van der Waals surface area contributed by atoms with Crippen molar-refractivity contribution >= 4 is 0 Å². The monoisotopic (exact) mass is 203 g/mol. The minimum Gasteiger partial charge on any atom is -0.395 e. The van der Waals surface area contributed by atoms with Gasteiger partial charge >= 0.3 is 0 Å². The van der Waals surface area contributed by atoms with Crippen molar-refractivity contribution in [1.82, 2.24) is 4.90 Å². The van der Waals surface area contributed by atoms with Crippen LogP contribution in [0.25, 0.3) is 0 Å². The Labute approximate surface area is 82.9 Å². The van der Waals surface area contributed by atoms with Crippen LogP contribution in [-0.2, 0) is 4.74 Å². The molecule has 5 nitrogen and oxygen atoms in total. The SMILES string of the molecule is OCC1CC(O)CN1[C@@H]1COC[C@H]1O. The minimum absolute atomic E-state index is 0.0281. The van der Waals surface area contributed by atoms with Crippen LogP contribution >= 0.6 is 0 Å². The first-order chi connectivity index (χ1) is 6.72. The zero-order chi connectivity index (χ0) is 10.1. The summed E-state index contributed by atoms with van der Waals surface area (Å²) in [6, 6.07) is -0.101. The third kappa shape index (κ3) is 1.78. The standard InChI is InChI=1S/C9H17NO4/c11-3-6-1-7(12)2-10(6)8-4-14-5-9(8)13/h6-9,11-13H,1-5H2/t6?,7?,8-,9-/m1/s1. The van der Waals surface area contributed by atoms with Gasteiger partial charge in [-0.15, -0.1) is 0 Å². The predicted octanol–water partition coefficient (Wildman–Crippen LogP) is -1.83. The highest BCUT2D eigenvalue weighted by atomic mass is 16.5. The highest BCUT2D eigenvalue weighted by Crippen LogP contribution is 2.24. The van der Waals surface area contributed by atoms with Crippen LogP contribution in [0.3, 0.4) is 0 Å². The van der Waals surface area contributed by atoms with Gasteiger partial charge in [0.15, 0.2) is 0 Å². The number of nitrogens with zero attached hydrogens (tertiary/aromatic N) is 1. The van der Waals surface area contributed by atoms with Crippen molar-refractivity contribution in [2.24, 2.45) is 0 Å². The first-order valence-corrected chi connectivity index (χ1v) is 5.03. The molecule has 0 radical (unpaired) electrons. The number of likely N-dealkylation sites (tertiary alicyclic amines) is 1. The number of aliphatic hydroxyl groups is 3. The Morgan fingerprint density at radius 1 is 1.29 bits per heavy atom. The quantitative estimate of drug-likeness (QED) is 0.492. The van der Waals surface area contributed by atoms with Crippen molar-refractivity contribution in [1.29, 1.82) is 0 Å². The molecule has 0 aromatic rings. The minimum atomic E-state index is -0.491. The van der Waals surface area contributed by atoms with E-state index in [9.17, 15) is 10.2 Å². The van der Waals surface area contributed by atoms with Crippen molar-refractivity contribution in [2.75, 3.05) is 26.4 Å². The molecule has 2 heterocycles. The summed E-state index contributed by atoms with van der Waals surface area (Å²) in [5, 5.41) is 28.2. The lowest BCUT2D eigenvalue weighted by Gasteiger charge is -2.29. The summed E-state index contributed by atoms with van der Waals surface area (Å²) in [5.74, 6) is 0. The highest BCUT2D eigenvalue weighted by Gasteiger charge is 2.40. The normalized spacial score (nSPS) is 44.8. The van der Waals surface area contributed by atoms with Crippen LogP contribution in [0, 0.1) is 0 Å². The van der Waals surface area contributed by atoms with Crippen molar-refractivity contribution in [3.8, 4) is 0 Å². The molecule has 2 fully saturated rings. The summed E-state index contributed by atoms with van der Waals surface area (Å²) in [6.45, 7) is 1.40. The van der Waals surface area contributed by atoms with E-state index in [2.05, 4.69) is 0 Å². The van der Waals surface area contributed by atoms with E-state index in [-0.39, 0.29) is 24.8 Å². The van der Waals surface area contributed by atoms with Crippen LogP contribution in [0.1, 0.15) is 6.42 Å². The van der Waals surface area contributed by atoms with E-state index in [1.165, 1.54) is 0 Å². The molecule has 0 amide bonds. The lowest BCUT2D eigenvalue weighted by Crippen LogP contribution is -2.47. The van der Waals surface area contributed by atoms with Gasteiger partial charge in [0.25, 0.3) is 0 Å². The molecule has 0 spiro atoms. The second-order valence-electron chi connectivity index (χ2n) is 4.09. The molecular formula is C9H17NO4. The number of rotatable bonds is 2. The molecular weight excluding hydrogens is 186 g/mol. The summed E-state index contributed by atoms with van der Waals surface area (Å²) in [6.07, 6.45) is -0.297. The smallest absolute Gasteiger partial charge is 0.0950 e. The maximum atomic E-state index is 9.62. The first kappa shape index (κ1) is 10.3. The maximum absolute atomic E-state index is 9.62. The highest BCUT2D eigenvalue weighted by molar-refractivity contribution is 4.93. The molecule has 2 rings (SSSR count). The Morgan fingerprint density at radius 2 is 2.07 bits per heavy atom. The first-order valence-electron chi connectivity index (χ1n) is 5.03. The van der Waals surface area contributed by atoms with Gasteiger partial charge in [0.1, 0.15) is 0 Å². The molecule has 0 aliphatic carbocycles. The molecule has 0 aromatic carbocycles. The molecule has 14 heavy (non-hydrogen) atoms. The summed E-state index contributed by atoms with van der Waals surface area (Å²) in [5.41, 5.74) is 0. The molecule has 4 atom stereocenters. The van der Waals surface area contributed by atoms with Crippen LogP contribution in [0.5, 0.6) is 0 Å². The lowest BCUT2D eigenvalue weighted by molar-refractivity contribution is 0.0520. The van der Waals surface area contributed by atoms with Crippen LogP contribution in [0.2, 0.25) is 0 Å². The van der Waals surface area contributed by atoms with Crippen molar-refractivity contribution in [2.45, 2.75) is 30.7 Å². The summed E-state index contributed by atoms with van der Waals surface area (Å²) >= 11 is 0. The fourth-order valence-electron chi connectivity index (χ4n) is 2.35. The van der Waals surface area contributed by atoms with Gasteiger partial charge in [-0.2, -0.15) is 0 Å². The molecule has 0 aromatic heterocycles. The van der Waals surface area contributed by atoms with Crippen LogP contribution < -0.4 is 0 Å². The van der Waals surface area contributed by atoms with E-state index in [1.54, 1.807) is 0 Å². The zero-order valence-corrected chi connectivity index (χ0v) is 8.04. The van der Waals surface area contributed by atoms with Crippen molar-refractivity contribution in [3.05, 3.63) is 0 Å². The molecule has 2 aliphatic rings. The fourth-order valence-corrected chi connectivity index (χ4v) is 2.35. The second-order valence-corrected chi connectivity index (χ2v) is 4.09. The van der Waals surface area contributed by atoms with E-state index >= 15 is 0 Å². The number of β-amino-alcohol motifs (C(OH)–C–C–N with tert-alkyl or cyclic N) is 1. The van der Waals surface area contributed by atoms with E-state index in [4.69, 9.17) is 9.84 Å². The van der Waals surface area contributed by atoms with Gasteiger partial charge in [0.2, 0.25) is 0 Å². The van der Waals surface area contributed by atoms with Gasteiger partial charge in [-0.1, -0.05) is 0 Å². The molecule has 2 unspecified atom stereocenters. The van der Waals surface area contributed by atoms with Gasteiger partial charge in [0.05, 0.1) is 38.1 Å². The van der Waals surface area contributed by atoms with E-state index in [0.717, 1.165) is 0 Å². The molecule has 0 saturated carbocycles. The molecule has 5 heteroatoms. The largest absolute Gasteiger partial charge is 0.395 e. The van der Waals surface area contributed by atoms with Crippen LogP contribution in [-0.4, -0.2) is 70.9 Å². The Bertz CT molecular complexity index is 201. The number of hydrogen-bond acceptors (Lipinski definition) is 5. The van der Waals surface area contributed by atoms with Crippen LogP contribution in [0.15, 0.2) is 0 Å². The topological polar surface area (TPSA) is 73.2 Å². The van der Waals surface area contributed by atoms with E-state index in [1.807, 2.05) is 4.90 Å². The van der Waals surface area contributed by atoms with Crippen molar-refractivity contribution in [3.63, 3.8) is 0 Å². The van der Waals surface area contributed by atoms with E-state index < -0.39 is 6.10 Å². The third-order valence-electron chi connectivity index (χ3n) is 3.09. The average molecular weight is 203 g/mol. The molecule has 2 aliphatic heterocycles. The summed E-state index contributed by atoms with van der Waals surface area (Å²) in [7, 11) is 0. The second kappa shape index (κ2) is 4.12.